The van der Waals surface area contributed by atoms with Gasteiger partial charge in [0.2, 0.25) is 0 Å². The fourth-order valence-electron chi connectivity index (χ4n) is 7.92. The summed E-state index contributed by atoms with van der Waals surface area (Å²) >= 11 is 0. The Morgan fingerprint density at radius 1 is 0.340 bits per heavy atom. The topological polar surface area (TPSA) is 40.1 Å². The van der Waals surface area contributed by atoms with Crippen LogP contribution in [0, 0.1) is 0 Å². The second-order valence-corrected chi connectivity index (χ2v) is 17.0. The van der Waals surface area contributed by atoms with Crippen molar-refractivity contribution in [1.29, 1.82) is 0 Å². The van der Waals surface area contributed by atoms with Crippen LogP contribution in [0.4, 0.5) is 0 Å². The van der Waals surface area contributed by atoms with Gasteiger partial charge in [-0.2, -0.15) is 0 Å². The molecule has 0 unspecified atom stereocenters. The molecular formula is C50H101NO2. The number of carboxylic acids is 1. The van der Waals surface area contributed by atoms with E-state index in [9.17, 15) is 9.90 Å². The summed E-state index contributed by atoms with van der Waals surface area (Å²) in [6.07, 6.45) is 55.7. The SMILES string of the molecule is CCCCCCCC/C=C\CCCCCCCC(=O)[O-].CCCCCCCC[N+](CCCCCCCC)(CCCCCCCC)CCCCCCCC. The summed E-state index contributed by atoms with van der Waals surface area (Å²) in [5.41, 5.74) is 0. The fourth-order valence-corrected chi connectivity index (χ4v) is 7.92. The van der Waals surface area contributed by atoms with Crippen LogP contribution in [-0.4, -0.2) is 36.6 Å². The van der Waals surface area contributed by atoms with Crippen LogP contribution in [0.3, 0.4) is 0 Å². The lowest BCUT2D eigenvalue weighted by Crippen LogP contribution is -2.50. The number of quaternary nitrogens is 1. The van der Waals surface area contributed by atoms with Gasteiger partial charge in [-0.15, -0.1) is 0 Å². The highest BCUT2D eigenvalue weighted by Gasteiger charge is 2.25. The third kappa shape index (κ3) is 45.5. The molecule has 0 aliphatic carbocycles. The van der Waals surface area contributed by atoms with Crippen molar-refractivity contribution in [2.45, 2.75) is 279 Å². The first-order valence-corrected chi connectivity index (χ1v) is 24.7. The molecule has 0 aromatic heterocycles. The van der Waals surface area contributed by atoms with Crippen molar-refractivity contribution < 1.29 is 14.4 Å². The molecule has 0 aromatic rings. The van der Waals surface area contributed by atoms with E-state index in [1.165, 1.54) is 249 Å². The molecule has 0 fully saturated rings. The second kappa shape index (κ2) is 47.3. The van der Waals surface area contributed by atoms with Gasteiger partial charge in [0.25, 0.3) is 0 Å². The average molecular weight is 748 g/mol. The van der Waals surface area contributed by atoms with Crippen LogP contribution in [0.5, 0.6) is 0 Å². The molecule has 0 aromatic carbocycles. The van der Waals surface area contributed by atoms with E-state index in [1.807, 2.05) is 0 Å². The number of nitrogens with zero attached hydrogens (tertiary/aromatic N) is 1. The van der Waals surface area contributed by atoms with E-state index in [1.54, 1.807) is 0 Å². The van der Waals surface area contributed by atoms with Crippen molar-refractivity contribution in [3.8, 4) is 0 Å². The maximum atomic E-state index is 10.2. The smallest absolute Gasteiger partial charge is 0.0786 e. The van der Waals surface area contributed by atoms with Gasteiger partial charge in [-0.3, -0.25) is 0 Å². The van der Waals surface area contributed by atoms with Crippen molar-refractivity contribution >= 4 is 5.97 Å². The fraction of sp³-hybridized carbons (Fsp3) is 0.940. The molecule has 318 valence electrons. The predicted molar refractivity (Wildman–Crippen MR) is 238 cm³/mol. The first-order chi connectivity index (χ1) is 26.0. The van der Waals surface area contributed by atoms with Gasteiger partial charge >= 0.3 is 0 Å². The number of carboxylic acid groups (broad SMARTS) is 1. The molecule has 0 bridgehead atoms. The molecule has 0 rings (SSSR count). The summed E-state index contributed by atoms with van der Waals surface area (Å²) in [4.78, 5) is 10.2. The van der Waals surface area contributed by atoms with E-state index in [0.717, 1.165) is 19.3 Å². The van der Waals surface area contributed by atoms with Gasteiger partial charge < -0.3 is 14.4 Å². The number of unbranched alkanes of at least 4 members (excludes halogenated alkanes) is 31. The van der Waals surface area contributed by atoms with E-state index in [0.29, 0.717) is 0 Å². The van der Waals surface area contributed by atoms with Gasteiger partial charge in [0.1, 0.15) is 0 Å². The number of carbonyl (C=O) groups is 1. The Hall–Kier alpha value is -0.830. The van der Waals surface area contributed by atoms with E-state index >= 15 is 0 Å². The molecule has 0 saturated heterocycles. The molecule has 53 heavy (non-hydrogen) atoms. The first-order valence-electron chi connectivity index (χ1n) is 24.7. The van der Waals surface area contributed by atoms with Crippen LogP contribution >= 0.6 is 0 Å². The molecule has 0 saturated carbocycles. The van der Waals surface area contributed by atoms with Gasteiger partial charge in [0.15, 0.2) is 0 Å². The number of allylic oxidation sites excluding steroid dienone is 2. The molecular weight excluding hydrogens is 647 g/mol. The van der Waals surface area contributed by atoms with Gasteiger partial charge in [0, 0.05) is 5.97 Å². The van der Waals surface area contributed by atoms with Crippen molar-refractivity contribution in [2.24, 2.45) is 0 Å². The summed E-state index contributed by atoms with van der Waals surface area (Å²) in [5, 5.41) is 10.2. The molecule has 0 amide bonds. The second-order valence-electron chi connectivity index (χ2n) is 17.0. The normalized spacial score (nSPS) is 11.7. The molecule has 0 radical (unpaired) electrons. The minimum atomic E-state index is -0.914. The molecule has 3 heteroatoms. The summed E-state index contributed by atoms with van der Waals surface area (Å²) in [6, 6.07) is 0. The summed E-state index contributed by atoms with van der Waals surface area (Å²) < 4.78 is 1.48. The lowest BCUT2D eigenvalue weighted by molar-refractivity contribution is -0.929. The molecule has 0 N–H and O–H groups in total. The predicted octanol–water partition coefficient (Wildman–Crippen LogP) is 16.0. The van der Waals surface area contributed by atoms with E-state index in [2.05, 4.69) is 46.8 Å². The van der Waals surface area contributed by atoms with E-state index in [-0.39, 0.29) is 6.42 Å². The number of rotatable bonds is 43. The molecule has 0 heterocycles. The number of aliphatic carboxylic acids is 1. The van der Waals surface area contributed by atoms with Crippen molar-refractivity contribution in [3.05, 3.63) is 12.2 Å². The van der Waals surface area contributed by atoms with Crippen LogP contribution in [0.1, 0.15) is 279 Å². The first kappa shape index (κ1) is 54.3. The van der Waals surface area contributed by atoms with E-state index in [4.69, 9.17) is 0 Å². The highest BCUT2D eigenvalue weighted by molar-refractivity contribution is 5.64. The number of carbonyl (C=O) groups excluding carboxylic acids is 1. The zero-order valence-electron chi connectivity index (χ0n) is 37.6. The highest BCUT2D eigenvalue weighted by Crippen LogP contribution is 2.21. The van der Waals surface area contributed by atoms with Gasteiger partial charge in [-0.25, -0.2) is 0 Å². The van der Waals surface area contributed by atoms with Crippen molar-refractivity contribution in [2.75, 3.05) is 26.2 Å². The zero-order valence-corrected chi connectivity index (χ0v) is 37.6. The Kier molecular flexibility index (Phi) is 48.5. The average Bonchev–Trinajstić information content (AvgIpc) is 3.15. The highest BCUT2D eigenvalue weighted by atomic mass is 16.4. The third-order valence-electron chi connectivity index (χ3n) is 11.6. The quantitative estimate of drug-likeness (QED) is 0.0354. The van der Waals surface area contributed by atoms with Gasteiger partial charge in [-0.1, -0.05) is 201 Å². The van der Waals surface area contributed by atoms with Crippen LogP contribution in [0.25, 0.3) is 0 Å². The van der Waals surface area contributed by atoms with Gasteiger partial charge in [0.05, 0.1) is 26.2 Å². The Morgan fingerprint density at radius 3 is 0.830 bits per heavy atom. The Morgan fingerprint density at radius 2 is 0.566 bits per heavy atom. The standard InChI is InChI=1S/C32H68N.C18H34O2/c1-5-9-13-17-21-25-29-33(30-26-22-18-14-10-6-2,31-27-23-19-15-11-7-3)32-28-24-20-16-12-8-4;1-2-3-4-5-6-7-8-9-10-11-12-13-14-15-16-17-18(19)20/h5-32H2,1-4H3;9-10H,2-8,11-17H2,1H3,(H,19,20)/q+1;/p-1/b;10-9-. The Balaban J connectivity index is 0. The number of hydrogen-bond acceptors (Lipinski definition) is 2. The minimum Gasteiger partial charge on any atom is -0.550 e. The largest absolute Gasteiger partial charge is 0.550 e. The molecule has 0 aliphatic heterocycles. The maximum Gasteiger partial charge on any atom is 0.0786 e. The van der Waals surface area contributed by atoms with E-state index < -0.39 is 5.97 Å². The Labute approximate surface area is 336 Å². The van der Waals surface area contributed by atoms with Gasteiger partial charge in [-0.05, 0) is 89.9 Å². The molecule has 0 spiro atoms. The van der Waals surface area contributed by atoms with Crippen LogP contribution in [-0.2, 0) is 4.79 Å². The monoisotopic (exact) mass is 748 g/mol. The van der Waals surface area contributed by atoms with Crippen molar-refractivity contribution in [3.63, 3.8) is 0 Å². The number of hydrogen-bond donors (Lipinski definition) is 0. The summed E-state index contributed by atoms with van der Waals surface area (Å²) in [7, 11) is 0. The van der Waals surface area contributed by atoms with Crippen LogP contribution in [0.2, 0.25) is 0 Å². The summed E-state index contributed by atoms with van der Waals surface area (Å²) in [6.45, 7) is 17.5. The summed E-state index contributed by atoms with van der Waals surface area (Å²) in [5.74, 6) is -0.914. The molecule has 0 aliphatic rings. The molecule has 3 nitrogen and oxygen atoms in total. The Bertz CT molecular complexity index is 634. The van der Waals surface area contributed by atoms with Crippen LogP contribution < -0.4 is 5.11 Å². The maximum absolute atomic E-state index is 10.2. The third-order valence-corrected chi connectivity index (χ3v) is 11.6. The lowest BCUT2D eigenvalue weighted by atomic mass is 10.0. The van der Waals surface area contributed by atoms with Crippen LogP contribution in [0.15, 0.2) is 12.2 Å². The van der Waals surface area contributed by atoms with Crippen molar-refractivity contribution in [1.82, 2.24) is 0 Å². The molecule has 0 atom stereocenters. The zero-order chi connectivity index (χ0) is 39.2. The lowest BCUT2D eigenvalue weighted by Gasteiger charge is -2.40. The minimum absolute atomic E-state index is 0.220.